The van der Waals surface area contributed by atoms with E-state index in [0.29, 0.717) is 25.3 Å². The van der Waals surface area contributed by atoms with Crippen molar-refractivity contribution in [1.82, 2.24) is 4.90 Å². The average Bonchev–Trinajstić information content (AvgIpc) is 2.48. The van der Waals surface area contributed by atoms with Crippen molar-refractivity contribution in [3.05, 3.63) is 29.8 Å². The molecule has 1 aliphatic heterocycles. The van der Waals surface area contributed by atoms with E-state index >= 15 is 0 Å². The Bertz CT molecular complexity index is 508. The fraction of sp³-hybridized carbons (Fsp3) is 0.500. The largest absolute Gasteiger partial charge is 0.494 e. The molecule has 1 aliphatic rings. The lowest BCUT2D eigenvalue weighted by atomic mass is 9.82. The summed E-state index contributed by atoms with van der Waals surface area (Å²) in [5, 5.41) is 9.11. The third kappa shape index (κ3) is 3.11. The highest BCUT2D eigenvalue weighted by Crippen LogP contribution is 2.30. The lowest BCUT2D eigenvalue weighted by Gasteiger charge is -2.35. The smallest absolute Gasteiger partial charge is 0.253 e. The Kier molecular flexibility index (Phi) is 4.29. The number of hydrogen-bond donors (Lipinski definition) is 0. The number of carbonyl (C=O) groups is 1. The number of piperidine rings is 1. The van der Waals surface area contributed by atoms with Crippen LogP contribution in [0.2, 0.25) is 0 Å². The summed E-state index contributed by atoms with van der Waals surface area (Å²) in [6.45, 7) is 5.81. The number of benzene rings is 1. The van der Waals surface area contributed by atoms with E-state index in [-0.39, 0.29) is 11.3 Å². The lowest BCUT2D eigenvalue weighted by Crippen LogP contribution is -2.41. The molecule has 0 unspecified atom stereocenters. The van der Waals surface area contributed by atoms with Crippen molar-refractivity contribution >= 4 is 5.91 Å². The van der Waals surface area contributed by atoms with E-state index in [2.05, 4.69) is 6.07 Å². The predicted molar refractivity (Wildman–Crippen MR) is 76.5 cm³/mol. The fourth-order valence-corrected chi connectivity index (χ4v) is 2.36. The normalized spacial score (nSPS) is 17.4. The number of hydrogen-bond acceptors (Lipinski definition) is 3. The van der Waals surface area contributed by atoms with Gasteiger partial charge in [-0.1, -0.05) is 0 Å². The molecule has 2 rings (SSSR count). The Labute approximate surface area is 120 Å². The average molecular weight is 272 g/mol. The molecule has 4 heteroatoms. The zero-order chi connectivity index (χ0) is 14.6. The number of carbonyl (C=O) groups excluding carboxylic acids is 1. The second-order valence-corrected chi connectivity index (χ2v) is 5.42. The zero-order valence-corrected chi connectivity index (χ0v) is 12.1. The van der Waals surface area contributed by atoms with E-state index in [1.54, 1.807) is 12.1 Å². The summed E-state index contributed by atoms with van der Waals surface area (Å²) in [7, 11) is 0. The predicted octanol–water partition coefficient (Wildman–Crippen LogP) is 2.85. The van der Waals surface area contributed by atoms with Crippen LogP contribution in [0.4, 0.5) is 0 Å². The maximum atomic E-state index is 12.4. The standard InChI is InChI=1S/C16H20N2O2/c1-3-20-14-6-4-13(5-7-14)15(19)18-10-8-16(2,12-17)9-11-18/h4-7H,3,8-11H2,1-2H3. The molecule has 0 atom stereocenters. The molecule has 0 N–H and O–H groups in total. The van der Waals surface area contributed by atoms with Crippen molar-refractivity contribution < 1.29 is 9.53 Å². The van der Waals surface area contributed by atoms with Crippen molar-refractivity contribution in [2.75, 3.05) is 19.7 Å². The van der Waals surface area contributed by atoms with Crippen molar-refractivity contribution in [2.24, 2.45) is 5.41 Å². The molecule has 0 radical (unpaired) electrons. The van der Waals surface area contributed by atoms with Gasteiger partial charge in [-0.05, 0) is 51.0 Å². The molecular formula is C16H20N2O2. The highest BCUT2D eigenvalue weighted by Gasteiger charge is 2.31. The van der Waals surface area contributed by atoms with E-state index < -0.39 is 0 Å². The minimum absolute atomic E-state index is 0.0352. The van der Waals surface area contributed by atoms with Crippen LogP contribution in [0.1, 0.15) is 37.0 Å². The minimum Gasteiger partial charge on any atom is -0.494 e. The molecule has 0 saturated carbocycles. The summed E-state index contributed by atoms with van der Waals surface area (Å²) in [5.41, 5.74) is 0.393. The highest BCUT2D eigenvalue weighted by molar-refractivity contribution is 5.94. The molecule has 1 aromatic carbocycles. The summed E-state index contributed by atoms with van der Waals surface area (Å²) in [5.74, 6) is 0.813. The van der Waals surface area contributed by atoms with Gasteiger partial charge in [0.2, 0.25) is 0 Å². The number of nitriles is 1. The Balaban J connectivity index is 2.00. The minimum atomic E-state index is -0.282. The first-order chi connectivity index (χ1) is 9.58. The quantitative estimate of drug-likeness (QED) is 0.850. The van der Waals surface area contributed by atoms with Crippen LogP contribution in [0.5, 0.6) is 5.75 Å². The number of rotatable bonds is 3. The Morgan fingerprint density at radius 1 is 1.35 bits per heavy atom. The van der Waals surface area contributed by atoms with Gasteiger partial charge in [-0.15, -0.1) is 0 Å². The Morgan fingerprint density at radius 2 is 1.95 bits per heavy atom. The summed E-state index contributed by atoms with van der Waals surface area (Å²) in [6.07, 6.45) is 1.48. The number of ether oxygens (including phenoxy) is 1. The van der Waals surface area contributed by atoms with Crippen LogP contribution in [-0.2, 0) is 0 Å². The van der Waals surface area contributed by atoms with Gasteiger partial charge in [-0.25, -0.2) is 0 Å². The Hall–Kier alpha value is -2.02. The molecule has 20 heavy (non-hydrogen) atoms. The summed E-state index contributed by atoms with van der Waals surface area (Å²) >= 11 is 0. The summed E-state index contributed by atoms with van der Waals surface area (Å²) in [4.78, 5) is 14.2. The second kappa shape index (κ2) is 5.96. The molecule has 1 saturated heterocycles. The molecule has 0 bridgehead atoms. The molecule has 1 heterocycles. The summed E-state index contributed by atoms with van der Waals surface area (Å²) < 4.78 is 5.37. The summed E-state index contributed by atoms with van der Waals surface area (Å²) in [6, 6.07) is 9.58. The fourth-order valence-electron chi connectivity index (χ4n) is 2.36. The van der Waals surface area contributed by atoms with Gasteiger partial charge in [0.25, 0.3) is 5.91 Å². The number of nitrogens with zero attached hydrogens (tertiary/aromatic N) is 2. The molecule has 1 aromatic rings. The SMILES string of the molecule is CCOc1ccc(C(=O)N2CCC(C)(C#N)CC2)cc1. The first kappa shape index (κ1) is 14.4. The Morgan fingerprint density at radius 3 is 2.45 bits per heavy atom. The van der Waals surface area contributed by atoms with Crippen molar-refractivity contribution in [3.63, 3.8) is 0 Å². The van der Waals surface area contributed by atoms with Crippen molar-refractivity contribution in [2.45, 2.75) is 26.7 Å². The molecule has 0 aliphatic carbocycles. The maximum absolute atomic E-state index is 12.4. The van der Waals surface area contributed by atoms with Gasteiger partial charge in [0.1, 0.15) is 5.75 Å². The van der Waals surface area contributed by atoms with Gasteiger partial charge >= 0.3 is 0 Å². The van der Waals surface area contributed by atoms with Gasteiger partial charge in [0.05, 0.1) is 18.1 Å². The van der Waals surface area contributed by atoms with Crippen LogP contribution in [0.25, 0.3) is 0 Å². The second-order valence-electron chi connectivity index (χ2n) is 5.42. The van der Waals surface area contributed by atoms with Crippen LogP contribution < -0.4 is 4.74 Å². The third-order valence-electron chi connectivity index (χ3n) is 3.84. The number of likely N-dealkylation sites (tertiary alicyclic amines) is 1. The van der Waals surface area contributed by atoms with Crippen molar-refractivity contribution in [1.29, 1.82) is 5.26 Å². The van der Waals surface area contributed by atoms with Gasteiger partial charge in [0, 0.05) is 18.7 Å². The van der Waals surface area contributed by atoms with E-state index in [1.165, 1.54) is 0 Å². The molecule has 0 aromatic heterocycles. The van der Waals surface area contributed by atoms with E-state index in [9.17, 15) is 4.79 Å². The van der Waals surface area contributed by atoms with Gasteiger partial charge in [-0.3, -0.25) is 4.79 Å². The van der Waals surface area contributed by atoms with Crippen LogP contribution in [0, 0.1) is 16.7 Å². The molecule has 0 spiro atoms. The van der Waals surface area contributed by atoms with Crippen LogP contribution >= 0.6 is 0 Å². The molecule has 1 amide bonds. The number of amides is 1. The molecular weight excluding hydrogens is 252 g/mol. The van der Waals surface area contributed by atoms with Crippen molar-refractivity contribution in [3.8, 4) is 11.8 Å². The monoisotopic (exact) mass is 272 g/mol. The highest BCUT2D eigenvalue weighted by atomic mass is 16.5. The molecule has 1 fully saturated rings. The lowest BCUT2D eigenvalue weighted by molar-refractivity contribution is 0.0661. The van der Waals surface area contributed by atoms with Gasteiger partial charge in [0.15, 0.2) is 0 Å². The molecule has 106 valence electrons. The van der Waals surface area contributed by atoms with Gasteiger partial charge in [-0.2, -0.15) is 5.26 Å². The topological polar surface area (TPSA) is 53.3 Å². The van der Waals surface area contributed by atoms with Gasteiger partial charge < -0.3 is 9.64 Å². The maximum Gasteiger partial charge on any atom is 0.253 e. The third-order valence-corrected chi connectivity index (χ3v) is 3.84. The van der Waals surface area contributed by atoms with E-state index in [0.717, 1.165) is 18.6 Å². The zero-order valence-electron chi connectivity index (χ0n) is 12.1. The van der Waals surface area contributed by atoms with Crippen LogP contribution in [0.15, 0.2) is 24.3 Å². The van der Waals surface area contributed by atoms with Crippen LogP contribution in [0.3, 0.4) is 0 Å². The first-order valence-corrected chi connectivity index (χ1v) is 7.01. The van der Waals surface area contributed by atoms with E-state index in [4.69, 9.17) is 10.00 Å². The first-order valence-electron chi connectivity index (χ1n) is 7.01. The molecule has 4 nitrogen and oxygen atoms in total. The van der Waals surface area contributed by atoms with Crippen LogP contribution in [-0.4, -0.2) is 30.5 Å². The van der Waals surface area contributed by atoms with E-state index in [1.807, 2.05) is 30.9 Å².